The Morgan fingerprint density at radius 2 is 1.95 bits per heavy atom. The molecule has 0 radical (unpaired) electrons. The standard InChI is InChI=1S/C15H26FN3O/c1-6-15(7-2,19(3)4)14(18-17)12-9-8-11(20-5)10-13(12)16/h8-10,14,18H,6-7,17H2,1-5H3. The lowest BCUT2D eigenvalue weighted by Gasteiger charge is -2.45. The molecule has 0 saturated heterocycles. The summed E-state index contributed by atoms with van der Waals surface area (Å²) in [5, 5.41) is 0. The Labute approximate surface area is 121 Å². The fourth-order valence-electron chi connectivity index (χ4n) is 2.95. The Bertz CT molecular complexity index is 433. The van der Waals surface area contributed by atoms with Gasteiger partial charge < -0.3 is 9.64 Å². The molecule has 4 nitrogen and oxygen atoms in total. The second-order valence-corrected chi connectivity index (χ2v) is 5.19. The van der Waals surface area contributed by atoms with Crippen molar-refractivity contribution in [1.29, 1.82) is 0 Å². The summed E-state index contributed by atoms with van der Waals surface area (Å²) in [5.74, 6) is 5.94. The van der Waals surface area contributed by atoms with Crippen LogP contribution in [0, 0.1) is 5.82 Å². The number of hydrogen-bond acceptors (Lipinski definition) is 4. The van der Waals surface area contributed by atoms with Gasteiger partial charge in [0, 0.05) is 17.2 Å². The van der Waals surface area contributed by atoms with Gasteiger partial charge in [-0.1, -0.05) is 19.9 Å². The number of hydrazine groups is 1. The summed E-state index contributed by atoms with van der Waals surface area (Å²) in [6, 6.07) is 4.60. The molecular weight excluding hydrogens is 257 g/mol. The molecule has 1 rings (SSSR count). The quantitative estimate of drug-likeness (QED) is 0.596. The molecule has 0 aliphatic carbocycles. The highest BCUT2D eigenvalue weighted by atomic mass is 19.1. The highest BCUT2D eigenvalue weighted by molar-refractivity contribution is 5.32. The summed E-state index contributed by atoms with van der Waals surface area (Å²) in [6.07, 6.45) is 1.72. The molecule has 1 aromatic carbocycles. The van der Waals surface area contributed by atoms with Crippen LogP contribution in [0.1, 0.15) is 38.3 Å². The van der Waals surface area contributed by atoms with E-state index in [9.17, 15) is 4.39 Å². The lowest BCUT2D eigenvalue weighted by Crippen LogP contribution is -2.54. The molecule has 0 heterocycles. The van der Waals surface area contributed by atoms with Crippen molar-refractivity contribution in [2.24, 2.45) is 5.84 Å². The van der Waals surface area contributed by atoms with Crippen molar-refractivity contribution in [2.45, 2.75) is 38.3 Å². The van der Waals surface area contributed by atoms with Gasteiger partial charge in [0.2, 0.25) is 0 Å². The third-order valence-electron chi connectivity index (χ3n) is 4.34. The fourth-order valence-corrected chi connectivity index (χ4v) is 2.95. The number of likely N-dealkylation sites (N-methyl/N-ethyl adjacent to an activating group) is 1. The molecule has 0 aliphatic rings. The maximum absolute atomic E-state index is 14.3. The highest BCUT2D eigenvalue weighted by Gasteiger charge is 2.39. The lowest BCUT2D eigenvalue weighted by atomic mass is 9.79. The van der Waals surface area contributed by atoms with Crippen LogP contribution in [0.25, 0.3) is 0 Å². The first kappa shape index (κ1) is 16.9. The second-order valence-electron chi connectivity index (χ2n) is 5.19. The van der Waals surface area contributed by atoms with Gasteiger partial charge >= 0.3 is 0 Å². The van der Waals surface area contributed by atoms with Gasteiger partial charge in [-0.25, -0.2) is 4.39 Å². The van der Waals surface area contributed by atoms with Gasteiger partial charge in [-0.3, -0.25) is 11.3 Å². The first-order valence-electron chi connectivity index (χ1n) is 6.93. The van der Waals surface area contributed by atoms with E-state index in [0.717, 1.165) is 12.8 Å². The molecule has 114 valence electrons. The molecule has 0 saturated carbocycles. The monoisotopic (exact) mass is 283 g/mol. The summed E-state index contributed by atoms with van der Waals surface area (Å²) < 4.78 is 19.4. The zero-order chi connectivity index (χ0) is 15.3. The predicted molar refractivity (Wildman–Crippen MR) is 80.0 cm³/mol. The zero-order valence-corrected chi connectivity index (χ0v) is 13.0. The van der Waals surface area contributed by atoms with Crippen LogP contribution in [0.15, 0.2) is 18.2 Å². The van der Waals surface area contributed by atoms with Gasteiger partial charge in [0.15, 0.2) is 0 Å². The first-order chi connectivity index (χ1) is 9.46. The first-order valence-corrected chi connectivity index (χ1v) is 6.93. The van der Waals surface area contributed by atoms with Crippen molar-refractivity contribution < 1.29 is 9.13 Å². The number of nitrogens with two attached hydrogens (primary N) is 1. The molecule has 0 aromatic heterocycles. The van der Waals surface area contributed by atoms with Crippen molar-refractivity contribution in [3.05, 3.63) is 29.6 Å². The van der Waals surface area contributed by atoms with E-state index in [2.05, 4.69) is 24.2 Å². The summed E-state index contributed by atoms with van der Waals surface area (Å²) in [5.41, 5.74) is 3.11. The topological polar surface area (TPSA) is 50.5 Å². The van der Waals surface area contributed by atoms with Crippen molar-refractivity contribution >= 4 is 0 Å². The number of nitrogens with one attached hydrogen (secondary N) is 1. The van der Waals surface area contributed by atoms with Gasteiger partial charge in [-0.15, -0.1) is 0 Å². The van der Waals surface area contributed by atoms with Crippen LogP contribution < -0.4 is 16.0 Å². The number of halogens is 1. The third-order valence-corrected chi connectivity index (χ3v) is 4.34. The molecule has 5 heteroatoms. The Hall–Kier alpha value is -1.17. The van der Waals surface area contributed by atoms with Gasteiger partial charge in [0.05, 0.1) is 13.2 Å². The maximum atomic E-state index is 14.3. The van der Waals surface area contributed by atoms with Gasteiger partial charge in [-0.2, -0.15) is 0 Å². The number of nitrogens with zero attached hydrogens (tertiary/aromatic N) is 1. The number of hydrogen-bond donors (Lipinski definition) is 2. The molecule has 20 heavy (non-hydrogen) atoms. The molecule has 0 aliphatic heterocycles. The molecule has 1 atom stereocenters. The van der Waals surface area contributed by atoms with E-state index in [0.29, 0.717) is 11.3 Å². The Morgan fingerprint density at radius 3 is 2.30 bits per heavy atom. The molecule has 0 amide bonds. The fraction of sp³-hybridized carbons (Fsp3) is 0.600. The lowest BCUT2D eigenvalue weighted by molar-refractivity contribution is 0.0865. The van der Waals surface area contributed by atoms with E-state index in [-0.39, 0.29) is 17.4 Å². The van der Waals surface area contributed by atoms with Gasteiger partial charge in [-0.05, 0) is 33.0 Å². The highest BCUT2D eigenvalue weighted by Crippen LogP contribution is 2.37. The van der Waals surface area contributed by atoms with E-state index in [1.807, 2.05) is 14.1 Å². The molecule has 0 bridgehead atoms. The van der Waals surface area contributed by atoms with Crippen LogP contribution in [0.4, 0.5) is 4.39 Å². The van der Waals surface area contributed by atoms with Gasteiger partial charge in [0.25, 0.3) is 0 Å². The minimum Gasteiger partial charge on any atom is -0.497 e. The Kier molecular flexibility index (Phi) is 5.92. The second kappa shape index (κ2) is 7.02. The summed E-state index contributed by atoms with van der Waals surface area (Å²) in [4.78, 5) is 2.11. The van der Waals surface area contributed by atoms with Crippen LogP contribution in [-0.2, 0) is 0 Å². The molecular formula is C15H26FN3O. The van der Waals surface area contributed by atoms with Crippen LogP contribution in [0.5, 0.6) is 5.75 Å². The average Bonchev–Trinajstić information content (AvgIpc) is 2.45. The van der Waals surface area contributed by atoms with Crippen LogP contribution in [-0.4, -0.2) is 31.6 Å². The van der Waals surface area contributed by atoms with E-state index in [4.69, 9.17) is 10.6 Å². The molecule has 1 aromatic rings. The van der Waals surface area contributed by atoms with E-state index in [1.54, 1.807) is 12.1 Å². The summed E-state index contributed by atoms with van der Waals surface area (Å²) in [6.45, 7) is 4.19. The van der Waals surface area contributed by atoms with E-state index >= 15 is 0 Å². The van der Waals surface area contributed by atoms with Crippen LogP contribution in [0.2, 0.25) is 0 Å². The maximum Gasteiger partial charge on any atom is 0.131 e. The Morgan fingerprint density at radius 1 is 1.35 bits per heavy atom. The van der Waals surface area contributed by atoms with Gasteiger partial charge in [0.1, 0.15) is 11.6 Å². The summed E-state index contributed by atoms with van der Waals surface area (Å²) in [7, 11) is 5.52. The number of rotatable bonds is 7. The molecule has 0 spiro atoms. The number of methoxy groups -OCH3 is 1. The predicted octanol–water partition coefficient (Wildman–Crippen LogP) is 2.46. The van der Waals surface area contributed by atoms with E-state index < -0.39 is 0 Å². The summed E-state index contributed by atoms with van der Waals surface area (Å²) >= 11 is 0. The smallest absolute Gasteiger partial charge is 0.131 e. The average molecular weight is 283 g/mol. The van der Waals surface area contributed by atoms with Crippen molar-refractivity contribution in [1.82, 2.24) is 10.3 Å². The number of ether oxygens (including phenoxy) is 1. The van der Waals surface area contributed by atoms with E-state index in [1.165, 1.54) is 13.2 Å². The van der Waals surface area contributed by atoms with Crippen molar-refractivity contribution in [2.75, 3.05) is 21.2 Å². The Balaban J connectivity index is 3.30. The van der Waals surface area contributed by atoms with Crippen LogP contribution >= 0.6 is 0 Å². The minimum atomic E-state index is -0.305. The van der Waals surface area contributed by atoms with Crippen LogP contribution in [0.3, 0.4) is 0 Å². The SMILES string of the molecule is CCC(CC)(C(NN)c1ccc(OC)cc1F)N(C)C. The largest absolute Gasteiger partial charge is 0.497 e. The molecule has 3 N–H and O–H groups in total. The molecule has 1 unspecified atom stereocenters. The molecule has 0 fully saturated rings. The van der Waals surface area contributed by atoms with Crippen molar-refractivity contribution in [3.8, 4) is 5.75 Å². The third kappa shape index (κ3) is 2.95. The minimum absolute atomic E-state index is 0.246. The number of benzene rings is 1. The van der Waals surface area contributed by atoms with Crippen molar-refractivity contribution in [3.63, 3.8) is 0 Å². The normalized spacial score (nSPS) is 13.6. The zero-order valence-electron chi connectivity index (χ0n) is 13.0.